The van der Waals surface area contributed by atoms with Gasteiger partial charge in [-0.15, -0.1) is 11.3 Å². The molecule has 0 unspecified atom stereocenters. The van der Waals surface area contributed by atoms with Crippen LogP contribution in [0.15, 0.2) is 51.8 Å². The number of hydrogen-bond donors (Lipinski definition) is 7. The van der Waals surface area contributed by atoms with Crippen LogP contribution in [-0.4, -0.2) is 101 Å². The number of nitrogens with one attached hydrogen (secondary N) is 3. The van der Waals surface area contributed by atoms with Crippen LogP contribution in [0.3, 0.4) is 0 Å². The van der Waals surface area contributed by atoms with Crippen LogP contribution in [0, 0.1) is 5.92 Å². The van der Waals surface area contributed by atoms with Crippen molar-refractivity contribution >= 4 is 52.8 Å². The van der Waals surface area contributed by atoms with Gasteiger partial charge >= 0.3 is 0 Å². The third-order valence-corrected chi connectivity index (χ3v) is 12.1. The Morgan fingerprint density at radius 1 is 0.727 bits per heavy atom. The van der Waals surface area contributed by atoms with Crippen molar-refractivity contribution in [2.24, 2.45) is 38.8 Å². The van der Waals surface area contributed by atoms with E-state index in [0.717, 1.165) is 41.7 Å². The normalized spacial score (nSPS) is 27.2. The summed E-state index contributed by atoms with van der Waals surface area (Å²) >= 11 is 1.46. The van der Waals surface area contributed by atoms with Crippen LogP contribution in [0.1, 0.15) is 73.8 Å². The van der Waals surface area contributed by atoms with E-state index in [-0.39, 0.29) is 75.1 Å². The predicted octanol–water partition coefficient (Wildman–Crippen LogP) is -0.0210. The Morgan fingerprint density at radius 3 is 1.98 bits per heavy atom. The number of hydrogen-bond acceptors (Lipinski definition) is 8. The van der Waals surface area contributed by atoms with Crippen molar-refractivity contribution < 1.29 is 24.0 Å². The molecule has 11 N–H and O–H groups in total. The van der Waals surface area contributed by atoms with E-state index in [9.17, 15) is 19.2 Å². The minimum absolute atomic E-state index is 0.0955. The van der Waals surface area contributed by atoms with Crippen LogP contribution in [0.5, 0.6) is 0 Å². The van der Waals surface area contributed by atoms with E-state index in [1.165, 1.54) is 11.3 Å². The summed E-state index contributed by atoms with van der Waals surface area (Å²) < 4.78 is 0. The van der Waals surface area contributed by atoms with Gasteiger partial charge in [0.2, 0.25) is 29.5 Å². The quantitative estimate of drug-likeness (QED) is 0.0971. The maximum Gasteiger partial charge on any atom is 0.246 e. The zero-order valence-electron chi connectivity index (χ0n) is 31.0. The highest BCUT2D eigenvalue weighted by molar-refractivity contribution is 7.09. The number of rotatable bonds is 10. The standard InChI is InChI=1S/C38H53N11O5S/c39-37(40)43-15-5-12-26-33(51)47-28(20-25-11-7-17-55-25)35(53)48-21-24-10-2-1-8-22(24)18-31(48)36(54)49-29-14-4-3-9-23(29)19-30(49)34(52)46-27(32(50)45-26)13-6-16-44-38(41)42/h1-2,7-8,10-11,17,23,26-31H,3-6,9,12-16,18-21H2,(H,45,50)(H,46,52)(H,47,51)(H4,39,40,43)(H4,41,42,44)/t23-,26-,27-,28-,29-,30-,31+/m0/s1. The number of nitrogens with two attached hydrogens (primary N) is 4. The van der Waals surface area contributed by atoms with Crippen molar-refractivity contribution in [3.05, 3.63) is 57.8 Å². The van der Waals surface area contributed by atoms with Gasteiger partial charge in [-0.3, -0.25) is 34.0 Å². The summed E-state index contributed by atoms with van der Waals surface area (Å²) in [5.41, 5.74) is 24.0. The lowest BCUT2D eigenvalue weighted by atomic mass is 9.84. The smallest absolute Gasteiger partial charge is 0.246 e. The van der Waals surface area contributed by atoms with Crippen molar-refractivity contribution in [1.29, 1.82) is 0 Å². The van der Waals surface area contributed by atoms with Gasteiger partial charge in [0.15, 0.2) is 11.9 Å². The van der Waals surface area contributed by atoms with Gasteiger partial charge < -0.3 is 48.7 Å². The Balaban J connectivity index is 1.42. The van der Waals surface area contributed by atoms with Crippen molar-refractivity contribution in [3.8, 4) is 0 Å². The molecule has 0 spiro atoms. The topological polar surface area (TPSA) is 257 Å². The van der Waals surface area contributed by atoms with Gasteiger partial charge in [0.25, 0.3) is 0 Å². The fourth-order valence-corrected chi connectivity index (χ4v) is 9.30. The van der Waals surface area contributed by atoms with Crippen LogP contribution < -0.4 is 38.9 Å². The second kappa shape index (κ2) is 18.0. The molecular formula is C38H53N11O5S. The number of carbonyl (C=O) groups excluding carboxylic acids is 5. The largest absolute Gasteiger partial charge is 0.370 e. The molecule has 1 aromatic carbocycles. The van der Waals surface area contributed by atoms with Gasteiger partial charge in [0.05, 0.1) is 0 Å². The summed E-state index contributed by atoms with van der Waals surface area (Å²) in [5.74, 6) is -2.40. The molecule has 17 heteroatoms. The summed E-state index contributed by atoms with van der Waals surface area (Å²) in [6, 6.07) is 6.36. The average Bonchev–Trinajstić information content (AvgIpc) is 3.83. The summed E-state index contributed by atoms with van der Waals surface area (Å²) in [6.07, 6.45) is 5.45. The Morgan fingerprint density at radius 2 is 1.35 bits per heavy atom. The molecule has 55 heavy (non-hydrogen) atoms. The number of benzene rings is 1. The summed E-state index contributed by atoms with van der Waals surface area (Å²) in [4.78, 5) is 85.2. The maximum atomic E-state index is 15.1. The van der Waals surface area contributed by atoms with Gasteiger partial charge in [0.1, 0.15) is 30.2 Å². The highest BCUT2D eigenvalue weighted by Gasteiger charge is 2.51. The number of carbonyl (C=O) groups is 5. The van der Waals surface area contributed by atoms with E-state index >= 15 is 4.79 Å². The Labute approximate surface area is 324 Å². The fourth-order valence-electron chi connectivity index (χ4n) is 8.55. The molecule has 3 fully saturated rings. The monoisotopic (exact) mass is 775 g/mol. The van der Waals surface area contributed by atoms with E-state index in [1.54, 1.807) is 9.80 Å². The lowest BCUT2D eigenvalue weighted by Gasteiger charge is -2.42. The number of nitrogens with zero attached hydrogens (tertiary/aromatic N) is 4. The molecule has 2 aromatic rings. The molecule has 4 aliphatic rings. The van der Waals surface area contributed by atoms with Gasteiger partial charge in [-0.1, -0.05) is 43.2 Å². The Kier molecular flexibility index (Phi) is 12.9. The minimum Gasteiger partial charge on any atom is -0.370 e. The Bertz CT molecular complexity index is 1780. The van der Waals surface area contributed by atoms with Crippen LogP contribution in [0.2, 0.25) is 0 Å². The second-order valence-corrected chi connectivity index (χ2v) is 16.0. The first-order valence-corrected chi connectivity index (χ1v) is 20.1. The third-order valence-electron chi connectivity index (χ3n) is 11.2. The highest BCUT2D eigenvalue weighted by Crippen LogP contribution is 2.41. The first kappa shape index (κ1) is 39.5. The molecular weight excluding hydrogens is 723 g/mol. The molecule has 5 amide bonds. The highest BCUT2D eigenvalue weighted by atomic mass is 32.1. The van der Waals surface area contributed by atoms with Crippen molar-refractivity contribution in [2.45, 2.75) is 113 Å². The number of amides is 5. The molecule has 296 valence electrons. The summed E-state index contributed by atoms with van der Waals surface area (Å²) in [7, 11) is 0. The molecule has 0 radical (unpaired) electrons. The van der Waals surface area contributed by atoms with Gasteiger partial charge in [-0.05, 0) is 73.4 Å². The molecule has 0 bridgehead atoms. The van der Waals surface area contributed by atoms with E-state index in [0.29, 0.717) is 19.3 Å². The zero-order chi connectivity index (χ0) is 39.1. The average molecular weight is 776 g/mol. The first-order chi connectivity index (χ1) is 26.5. The lowest BCUT2D eigenvalue weighted by molar-refractivity contribution is -0.152. The van der Waals surface area contributed by atoms with Gasteiger partial charge in [-0.2, -0.15) is 0 Å². The zero-order valence-corrected chi connectivity index (χ0v) is 31.8. The first-order valence-electron chi connectivity index (χ1n) is 19.2. The SMILES string of the molecule is NC(N)=NCCC[C@@H]1NC(=O)[C@H](CCCN=C(N)N)NC(=O)[C@@H]2C[C@@H]3CCCC[C@@H]3N2C(=O)[C@H]2Cc3ccccc3CN2C(=O)[C@H](Cc2cccs2)NC1=O. The van der Waals surface area contributed by atoms with Crippen LogP contribution >= 0.6 is 11.3 Å². The molecule has 1 saturated carbocycles. The minimum atomic E-state index is -1.10. The maximum absolute atomic E-state index is 15.1. The van der Waals surface area contributed by atoms with Gasteiger partial charge in [-0.25, -0.2) is 0 Å². The lowest BCUT2D eigenvalue weighted by Crippen LogP contribution is -2.61. The number of guanidine groups is 2. The van der Waals surface area contributed by atoms with Crippen LogP contribution in [0.25, 0.3) is 0 Å². The van der Waals surface area contributed by atoms with Crippen molar-refractivity contribution in [1.82, 2.24) is 25.8 Å². The molecule has 1 aromatic heterocycles. The molecule has 16 nitrogen and oxygen atoms in total. The van der Waals surface area contributed by atoms with Crippen molar-refractivity contribution in [2.75, 3.05) is 13.1 Å². The fraction of sp³-hybridized carbons (Fsp3) is 0.553. The molecule has 7 atom stereocenters. The van der Waals surface area contributed by atoms with E-state index in [4.69, 9.17) is 22.9 Å². The van der Waals surface area contributed by atoms with Crippen LogP contribution in [0.4, 0.5) is 0 Å². The Hall–Kier alpha value is -5.19. The van der Waals surface area contributed by atoms with Crippen LogP contribution in [-0.2, 0) is 43.4 Å². The molecule has 6 rings (SSSR count). The molecule has 1 aliphatic carbocycles. The number of aliphatic imine (C=N–C) groups is 2. The van der Waals surface area contributed by atoms with E-state index in [2.05, 4.69) is 25.9 Å². The molecule has 2 saturated heterocycles. The summed E-state index contributed by atoms with van der Waals surface area (Å²) in [6.45, 7) is 0.584. The van der Waals surface area contributed by atoms with E-state index < -0.39 is 53.8 Å². The van der Waals surface area contributed by atoms with E-state index in [1.807, 2.05) is 41.8 Å². The van der Waals surface area contributed by atoms with Crippen molar-refractivity contribution in [3.63, 3.8) is 0 Å². The molecule has 4 heterocycles. The summed E-state index contributed by atoms with van der Waals surface area (Å²) in [5, 5.41) is 10.7. The predicted molar refractivity (Wildman–Crippen MR) is 209 cm³/mol. The molecule has 3 aliphatic heterocycles. The number of thiophene rings is 1. The third kappa shape index (κ3) is 9.55. The van der Waals surface area contributed by atoms with Gasteiger partial charge in [0, 0.05) is 43.4 Å². The second-order valence-electron chi connectivity index (χ2n) is 14.9. The number of fused-ring (bicyclic) bond motifs is 5.